The lowest BCUT2D eigenvalue weighted by Crippen LogP contribution is -2.28. The van der Waals surface area contributed by atoms with E-state index in [0.29, 0.717) is 18.5 Å². The summed E-state index contributed by atoms with van der Waals surface area (Å²) in [5.41, 5.74) is 5.88. The van der Waals surface area contributed by atoms with Crippen LogP contribution in [0.25, 0.3) is 0 Å². The van der Waals surface area contributed by atoms with Crippen LogP contribution in [0, 0.1) is 17.0 Å². The number of carbonyl (C=O) groups excluding carboxylic acids is 1. The summed E-state index contributed by atoms with van der Waals surface area (Å²) in [5.74, 6) is -1.30. The molecule has 0 aliphatic rings. The van der Waals surface area contributed by atoms with E-state index in [0.717, 1.165) is 18.9 Å². The van der Waals surface area contributed by atoms with Gasteiger partial charge in [-0.05, 0) is 30.9 Å². The highest BCUT2D eigenvalue weighted by Crippen LogP contribution is 2.26. The van der Waals surface area contributed by atoms with Crippen molar-refractivity contribution in [2.24, 2.45) is 11.1 Å². The monoisotopic (exact) mass is 298 g/mol. The Morgan fingerprint density at radius 3 is 2.52 bits per heavy atom. The second kappa shape index (κ2) is 7.50. The van der Waals surface area contributed by atoms with E-state index in [1.807, 2.05) is 0 Å². The van der Waals surface area contributed by atoms with Gasteiger partial charge in [-0.2, -0.15) is 0 Å². The zero-order valence-electron chi connectivity index (χ0n) is 13.0. The fourth-order valence-corrected chi connectivity index (χ4v) is 2.15. The maximum absolute atomic E-state index is 13.6. The molecule has 3 nitrogen and oxygen atoms in total. The van der Waals surface area contributed by atoms with E-state index in [1.165, 1.54) is 17.0 Å². The minimum absolute atomic E-state index is 0.0202. The Hall–Kier alpha value is -1.49. The van der Waals surface area contributed by atoms with Crippen molar-refractivity contribution >= 4 is 5.91 Å². The van der Waals surface area contributed by atoms with Crippen LogP contribution in [0.2, 0.25) is 0 Å². The summed E-state index contributed by atoms with van der Waals surface area (Å²) in [5, 5.41) is 0. The predicted octanol–water partition coefficient (Wildman–Crippen LogP) is 3.08. The molecule has 0 spiro atoms. The van der Waals surface area contributed by atoms with Gasteiger partial charge in [0.2, 0.25) is 5.91 Å². The van der Waals surface area contributed by atoms with Crippen LogP contribution < -0.4 is 5.73 Å². The lowest BCUT2D eigenvalue weighted by atomic mass is 9.84. The molecule has 118 valence electrons. The molecule has 0 heterocycles. The van der Waals surface area contributed by atoms with Crippen LogP contribution in [0.1, 0.15) is 38.7 Å². The normalized spacial score (nSPS) is 11.5. The zero-order valence-corrected chi connectivity index (χ0v) is 13.0. The summed E-state index contributed by atoms with van der Waals surface area (Å²) in [6.07, 6.45) is 1.99. The molecule has 5 heteroatoms. The molecule has 21 heavy (non-hydrogen) atoms. The van der Waals surface area contributed by atoms with E-state index >= 15 is 0 Å². The summed E-state index contributed by atoms with van der Waals surface area (Å²) in [7, 11) is 1.63. The van der Waals surface area contributed by atoms with E-state index in [2.05, 4.69) is 13.8 Å². The Labute approximate surface area is 125 Å². The van der Waals surface area contributed by atoms with Crippen LogP contribution >= 0.6 is 0 Å². The Kier molecular flexibility index (Phi) is 6.27. The van der Waals surface area contributed by atoms with E-state index in [-0.39, 0.29) is 17.9 Å². The first kappa shape index (κ1) is 17.6. The van der Waals surface area contributed by atoms with Gasteiger partial charge in [0.15, 0.2) is 0 Å². The van der Waals surface area contributed by atoms with Crippen molar-refractivity contribution in [1.82, 2.24) is 4.90 Å². The Bertz CT molecular complexity index is 489. The third-order valence-electron chi connectivity index (χ3n) is 3.69. The summed E-state index contributed by atoms with van der Waals surface area (Å²) >= 11 is 0. The van der Waals surface area contributed by atoms with Gasteiger partial charge in [0.25, 0.3) is 0 Å². The second-order valence-electron chi connectivity index (χ2n) is 6.19. The molecule has 0 bridgehead atoms. The van der Waals surface area contributed by atoms with Gasteiger partial charge in [-0.1, -0.05) is 19.9 Å². The number of benzene rings is 1. The third-order valence-corrected chi connectivity index (χ3v) is 3.69. The lowest BCUT2D eigenvalue weighted by molar-refractivity contribution is -0.131. The van der Waals surface area contributed by atoms with Crippen molar-refractivity contribution in [2.75, 3.05) is 13.6 Å². The highest BCUT2D eigenvalue weighted by atomic mass is 19.1. The molecular weight excluding hydrogens is 274 g/mol. The largest absolute Gasteiger partial charge is 0.341 e. The van der Waals surface area contributed by atoms with Crippen molar-refractivity contribution in [3.8, 4) is 0 Å². The molecule has 1 rings (SSSR count). The minimum atomic E-state index is -0.627. The molecule has 1 aromatic rings. The maximum Gasteiger partial charge on any atom is 0.222 e. The number of amides is 1. The molecule has 0 saturated heterocycles. The van der Waals surface area contributed by atoms with Gasteiger partial charge in [-0.25, -0.2) is 8.78 Å². The number of halogens is 2. The maximum atomic E-state index is 13.6. The lowest BCUT2D eigenvalue weighted by Gasteiger charge is -2.25. The van der Waals surface area contributed by atoms with E-state index in [4.69, 9.17) is 5.73 Å². The second-order valence-corrected chi connectivity index (χ2v) is 6.19. The average molecular weight is 298 g/mol. The number of hydrogen-bond donors (Lipinski definition) is 1. The van der Waals surface area contributed by atoms with Gasteiger partial charge in [-0.15, -0.1) is 0 Å². The van der Waals surface area contributed by atoms with Gasteiger partial charge < -0.3 is 10.6 Å². The Balaban J connectivity index is 2.55. The van der Waals surface area contributed by atoms with Crippen LogP contribution in [0.3, 0.4) is 0 Å². The summed E-state index contributed by atoms with van der Waals surface area (Å²) < 4.78 is 26.4. The fourth-order valence-electron chi connectivity index (χ4n) is 2.15. The molecule has 0 unspecified atom stereocenters. The smallest absolute Gasteiger partial charge is 0.222 e. The van der Waals surface area contributed by atoms with Crippen LogP contribution in [0.5, 0.6) is 0 Å². The molecule has 1 amide bonds. The standard InChI is InChI=1S/C16H24F2N2O/c1-16(2,8-9-19)7-6-15(21)20(3)11-12-4-5-13(17)10-14(12)18/h4-5,10H,6-9,11,19H2,1-3H3. The number of rotatable bonds is 7. The van der Waals surface area contributed by atoms with Gasteiger partial charge in [0, 0.05) is 31.6 Å². The molecular formula is C16H24F2N2O. The first-order chi connectivity index (χ1) is 9.75. The van der Waals surface area contributed by atoms with Crippen LogP contribution in [0.4, 0.5) is 8.78 Å². The molecule has 2 N–H and O–H groups in total. The molecule has 0 radical (unpaired) electrons. The van der Waals surface area contributed by atoms with Gasteiger partial charge in [0.05, 0.1) is 0 Å². The van der Waals surface area contributed by atoms with E-state index in [1.54, 1.807) is 7.05 Å². The highest BCUT2D eigenvalue weighted by Gasteiger charge is 2.20. The third kappa shape index (κ3) is 5.79. The van der Waals surface area contributed by atoms with Gasteiger partial charge >= 0.3 is 0 Å². The molecule has 0 aliphatic carbocycles. The van der Waals surface area contributed by atoms with Gasteiger partial charge in [0.1, 0.15) is 11.6 Å². The fraction of sp³-hybridized carbons (Fsp3) is 0.562. The van der Waals surface area contributed by atoms with E-state index in [9.17, 15) is 13.6 Å². The number of hydrogen-bond acceptors (Lipinski definition) is 2. The van der Waals surface area contributed by atoms with Crippen LogP contribution in [0.15, 0.2) is 18.2 Å². The molecule has 1 aromatic carbocycles. The molecule has 0 atom stereocenters. The molecule has 0 saturated carbocycles. The summed E-state index contributed by atoms with van der Waals surface area (Å²) in [6.45, 7) is 4.89. The van der Waals surface area contributed by atoms with Crippen molar-refractivity contribution in [2.45, 2.75) is 39.7 Å². The van der Waals surface area contributed by atoms with Crippen molar-refractivity contribution in [3.63, 3.8) is 0 Å². The van der Waals surface area contributed by atoms with Crippen LogP contribution in [-0.2, 0) is 11.3 Å². The molecule has 0 aliphatic heterocycles. The molecule has 0 aromatic heterocycles. The predicted molar refractivity (Wildman–Crippen MR) is 79.5 cm³/mol. The zero-order chi connectivity index (χ0) is 16.0. The quantitative estimate of drug-likeness (QED) is 0.841. The Morgan fingerprint density at radius 1 is 1.29 bits per heavy atom. The number of carbonyl (C=O) groups is 1. The SMILES string of the molecule is CN(Cc1ccc(F)cc1F)C(=O)CCC(C)(C)CCN. The highest BCUT2D eigenvalue weighted by molar-refractivity contribution is 5.75. The minimum Gasteiger partial charge on any atom is -0.341 e. The van der Waals surface area contributed by atoms with Crippen molar-refractivity contribution in [3.05, 3.63) is 35.4 Å². The first-order valence-electron chi connectivity index (χ1n) is 7.13. The van der Waals surface area contributed by atoms with Gasteiger partial charge in [-0.3, -0.25) is 4.79 Å². The first-order valence-corrected chi connectivity index (χ1v) is 7.13. The number of nitrogens with two attached hydrogens (primary N) is 1. The van der Waals surface area contributed by atoms with Crippen molar-refractivity contribution in [1.29, 1.82) is 0 Å². The number of nitrogens with zero attached hydrogens (tertiary/aromatic N) is 1. The van der Waals surface area contributed by atoms with E-state index < -0.39 is 11.6 Å². The van der Waals surface area contributed by atoms with Crippen molar-refractivity contribution < 1.29 is 13.6 Å². The summed E-state index contributed by atoms with van der Waals surface area (Å²) in [4.78, 5) is 13.5. The topological polar surface area (TPSA) is 46.3 Å². The van der Waals surface area contributed by atoms with Crippen LogP contribution in [-0.4, -0.2) is 24.4 Å². The summed E-state index contributed by atoms with van der Waals surface area (Å²) in [6, 6.07) is 3.39. The average Bonchev–Trinajstić information content (AvgIpc) is 2.39. The molecule has 0 fully saturated rings. The Morgan fingerprint density at radius 2 is 1.95 bits per heavy atom.